The average molecular weight is 314 g/mol. The molecule has 6 nitrogen and oxygen atoms in total. The molecule has 1 amide bonds. The minimum Gasteiger partial charge on any atom is -0.481 e. The number of carbonyl (C=O) groups excluding carboxylic acids is 1. The first-order valence-corrected chi connectivity index (χ1v) is 6.93. The fourth-order valence-electron chi connectivity index (χ4n) is 2.28. The summed E-state index contributed by atoms with van der Waals surface area (Å²) in [6, 6.07) is 2.66. The molecule has 0 saturated heterocycles. The number of fused-ring (bicyclic) bond motifs is 1. The molecule has 1 N–H and O–H groups in total. The molecule has 1 aromatic rings. The molecule has 0 spiro atoms. The van der Waals surface area contributed by atoms with E-state index in [4.69, 9.17) is 26.2 Å². The summed E-state index contributed by atoms with van der Waals surface area (Å²) in [6.07, 6.45) is -0.113. The van der Waals surface area contributed by atoms with Crippen molar-refractivity contribution in [1.82, 2.24) is 4.90 Å². The van der Waals surface area contributed by atoms with Gasteiger partial charge in [-0.05, 0) is 26.0 Å². The molecule has 1 unspecified atom stereocenters. The Morgan fingerprint density at radius 1 is 1.43 bits per heavy atom. The van der Waals surface area contributed by atoms with Crippen LogP contribution in [0.25, 0.3) is 0 Å². The van der Waals surface area contributed by atoms with E-state index in [0.29, 0.717) is 28.6 Å². The summed E-state index contributed by atoms with van der Waals surface area (Å²) in [5, 5.41) is 9.16. The third-order valence-corrected chi connectivity index (χ3v) is 3.56. The number of rotatable bonds is 5. The summed E-state index contributed by atoms with van der Waals surface area (Å²) in [7, 11) is 0. The molecule has 0 bridgehead atoms. The van der Waals surface area contributed by atoms with Gasteiger partial charge in [0.15, 0.2) is 11.5 Å². The van der Waals surface area contributed by atoms with E-state index in [-0.39, 0.29) is 19.1 Å². The molecule has 1 aliphatic rings. The number of carboxylic acid groups (broad SMARTS) is 1. The Kier molecular flexibility index (Phi) is 4.57. The van der Waals surface area contributed by atoms with Crippen LogP contribution in [0.4, 0.5) is 0 Å². The second kappa shape index (κ2) is 6.22. The van der Waals surface area contributed by atoms with E-state index in [2.05, 4.69) is 0 Å². The zero-order valence-corrected chi connectivity index (χ0v) is 12.5. The van der Waals surface area contributed by atoms with Gasteiger partial charge in [-0.25, -0.2) is 0 Å². The minimum absolute atomic E-state index is 0.0691. The molecular weight excluding hydrogens is 298 g/mol. The van der Waals surface area contributed by atoms with Gasteiger partial charge in [0.2, 0.25) is 6.79 Å². The highest BCUT2D eigenvalue weighted by molar-refractivity contribution is 6.32. The molecule has 1 aromatic carbocycles. The van der Waals surface area contributed by atoms with Crippen LogP contribution in [0.2, 0.25) is 5.02 Å². The highest BCUT2D eigenvalue weighted by Gasteiger charge is 2.25. The van der Waals surface area contributed by atoms with Gasteiger partial charge in [0.05, 0.1) is 11.4 Å². The van der Waals surface area contributed by atoms with Crippen LogP contribution in [0.15, 0.2) is 12.1 Å². The van der Waals surface area contributed by atoms with Gasteiger partial charge in [-0.1, -0.05) is 11.6 Å². The third-order valence-electron chi connectivity index (χ3n) is 3.28. The summed E-state index contributed by atoms with van der Waals surface area (Å²) in [6.45, 7) is 3.97. The van der Waals surface area contributed by atoms with Crippen LogP contribution in [0.3, 0.4) is 0 Å². The summed E-state index contributed by atoms with van der Waals surface area (Å²) in [5.74, 6) is -0.383. The maximum atomic E-state index is 12.5. The smallest absolute Gasteiger partial charge is 0.305 e. The van der Waals surface area contributed by atoms with Gasteiger partial charge in [0.1, 0.15) is 0 Å². The van der Waals surface area contributed by atoms with Crippen molar-refractivity contribution in [3.63, 3.8) is 0 Å². The van der Waals surface area contributed by atoms with Crippen LogP contribution in [0, 0.1) is 0 Å². The van der Waals surface area contributed by atoms with E-state index in [1.165, 1.54) is 11.0 Å². The molecule has 0 aromatic heterocycles. The number of aliphatic carboxylic acids is 1. The van der Waals surface area contributed by atoms with E-state index in [0.717, 1.165) is 0 Å². The number of carbonyl (C=O) groups is 2. The summed E-state index contributed by atoms with van der Waals surface area (Å²) < 4.78 is 10.4. The molecule has 0 aliphatic carbocycles. The number of amides is 1. The quantitative estimate of drug-likeness (QED) is 0.903. The number of halogens is 1. The highest BCUT2D eigenvalue weighted by Crippen LogP contribution is 2.40. The maximum absolute atomic E-state index is 12.5. The van der Waals surface area contributed by atoms with Gasteiger partial charge < -0.3 is 19.5 Å². The molecule has 2 rings (SSSR count). The van der Waals surface area contributed by atoms with E-state index < -0.39 is 12.0 Å². The second-order valence-corrected chi connectivity index (χ2v) is 5.14. The monoisotopic (exact) mass is 313 g/mol. The van der Waals surface area contributed by atoms with Crippen molar-refractivity contribution in [1.29, 1.82) is 0 Å². The topological polar surface area (TPSA) is 76.1 Å². The van der Waals surface area contributed by atoms with Crippen molar-refractivity contribution >= 4 is 23.5 Å². The number of ether oxygens (including phenoxy) is 2. The van der Waals surface area contributed by atoms with Gasteiger partial charge in [0.25, 0.3) is 5.91 Å². The molecule has 114 valence electrons. The zero-order valence-electron chi connectivity index (χ0n) is 11.8. The highest BCUT2D eigenvalue weighted by atomic mass is 35.5. The van der Waals surface area contributed by atoms with Crippen molar-refractivity contribution in [3.05, 3.63) is 22.7 Å². The molecule has 7 heteroatoms. The Morgan fingerprint density at radius 2 is 2.14 bits per heavy atom. The SMILES string of the molecule is CCN(C(=O)c1cc(Cl)c2c(c1)OCO2)C(C)CC(=O)O. The van der Waals surface area contributed by atoms with Crippen LogP contribution in [0.1, 0.15) is 30.6 Å². The molecular formula is C14H16ClNO5. The van der Waals surface area contributed by atoms with Crippen LogP contribution in [-0.4, -0.2) is 41.3 Å². The van der Waals surface area contributed by atoms with Crippen LogP contribution in [0.5, 0.6) is 11.5 Å². The van der Waals surface area contributed by atoms with E-state index >= 15 is 0 Å². The van der Waals surface area contributed by atoms with Crippen molar-refractivity contribution in [2.45, 2.75) is 26.3 Å². The van der Waals surface area contributed by atoms with E-state index in [9.17, 15) is 9.59 Å². The number of hydrogen-bond acceptors (Lipinski definition) is 4. The molecule has 1 aliphatic heterocycles. The third kappa shape index (κ3) is 3.21. The zero-order chi connectivity index (χ0) is 15.6. The predicted octanol–water partition coefficient (Wildman–Crippen LogP) is 2.39. The maximum Gasteiger partial charge on any atom is 0.305 e. The van der Waals surface area contributed by atoms with Crippen molar-refractivity contribution in [2.24, 2.45) is 0 Å². The Hall–Kier alpha value is -1.95. The lowest BCUT2D eigenvalue weighted by molar-refractivity contribution is -0.138. The standard InChI is InChI=1S/C14H16ClNO5/c1-3-16(8(2)4-12(17)18)14(19)9-5-10(15)13-11(6-9)20-7-21-13/h5-6,8H,3-4,7H2,1-2H3,(H,17,18). The number of carboxylic acids is 1. The Bertz CT molecular complexity index is 575. The summed E-state index contributed by atoms with van der Waals surface area (Å²) in [4.78, 5) is 24.8. The summed E-state index contributed by atoms with van der Waals surface area (Å²) >= 11 is 6.06. The Balaban J connectivity index is 2.26. The molecule has 21 heavy (non-hydrogen) atoms. The molecule has 1 atom stereocenters. The largest absolute Gasteiger partial charge is 0.481 e. The molecule has 0 radical (unpaired) electrons. The van der Waals surface area contributed by atoms with Gasteiger partial charge in [0, 0.05) is 18.2 Å². The molecule has 0 saturated carbocycles. The van der Waals surface area contributed by atoms with E-state index in [1.54, 1.807) is 19.9 Å². The second-order valence-electron chi connectivity index (χ2n) is 4.73. The predicted molar refractivity (Wildman–Crippen MR) is 76.0 cm³/mol. The van der Waals surface area contributed by atoms with Gasteiger partial charge in [-0.15, -0.1) is 0 Å². The van der Waals surface area contributed by atoms with Gasteiger partial charge >= 0.3 is 5.97 Å². The van der Waals surface area contributed by atoms with Crippen molar-refractivity contribution in [2.75, 3.05) is 13.3 Å². The first-order chi connectivity index (χ1) is 9.93. The normalized spacial score (nSPS) is 13.9. The lowest BCUT2D eigenvalue weighted by Gasteiger charge is -2.27. The Labute approximate surface area is 127 Å². The number of hydrogen-bond donors (Lipinski definition) is 1. The van der Waals surface area contributed by atoms with Crippen molar-refractivity contribution < 1.29 is 24.2 Å². The average Bonchev–Trinajstić information content (AvgIpc) is 2.87. The first-order valence-electron chi connectivity index (χ1n) is 6.56. The lowest BCUT2D eigenvalue weighted by Crippen LogP contribution is -2.39. The van der Waals surface area contributed by atoms with Crippen LogP contribution < -0.4 is 9.47 Å². The van der Waals surface area contributed by atoms with Crippen molar-refractivity contribution in [3.8, 4) is 11.5 Å². The van der Waals surface area contributed by atoms with E-state index in [1.807, 2.05) is 0 Å². The number of benzene rings is 1. The minimum atomic E-state index is -0.947. The Morgan fingerprint density at radius 3 is 2.76 bits per heavy atom. The lowest BCUT2D eigenvalue weighted by atomic mass is 10.1. The fraction of sp³-hybridized carbons (Fsp3) is 0.429. The molecule has 1 heterocycles. The van der Waals surface area contributed by atoms with Crippen LogP contribution in [-0.2, 0) is 4.79 Å². The van der Waals surface area contributed by atoms with Gasteiger partial charge in [-0.3, -0.25) is 9.59 Å². The summed E-state index contributed by atoms with van der Waals surface area (Å²) in [5.41, 5.74) is 0.350. The van der Waals surface area contributed by atoms with Gasteiger partial charge in [-0.2, -0.15) is 0 Å². The van der Waals surface area contributed by atoms with Crippen LogP contribution >= 0.6 is 11.6 Å². The first kappa shape index (κ1) is 15.4. The fourth-order valence-corrected chi connectivity index (χ4v) is 2.54. The molecule has 0 fully saturated rings. The number of nitrogens with zero attached hydrogens (tertiary/aromatic N) is 1.